The Hall–Kier alpha value is -2.89. The van der Waals surface area contributed by atoms with Crippen molar-refractivity contribution in [2.24, 2.45) is 0 Å². The monoisotopic (exact) mass is 342 g/mol. The van der Waals surface area contributed by atoms with Crippen molar-refractivity contribution < 1.29 is 19.1 Å². The molecule has 6 heteroatoms. The quantitative estimate of drug-likeness (QED) is 0.844. The third-order valence-corrected chi connectivity index (χ3v) is 3.76. The summed E-state index contributed by atoms with van der Waals surface area (Å²) in [5, 5.41) is 2.83. The summed E-state index contributed by atoms with van der Waals surface area (Å²) in [5.74, 6) is -0.692. The molecule has 0 aliphatic rings. The van der Waals surface area contributed by atoms with Crippen LogP contribution in [0, 0.1) is 20.8 Å². The van der Waals surface area contributed by atoms with Gasteiger partial charge in [-0.05, 0) is 44.9 Å². The molecule has 0 aliphatic heterocycles. The highest BCUT2D eigenvalue weighted by Crippen LogP contribution is 2.22. The van der Waals surface area contributed by atoms with Crippen molar-refractivity contribution in [3.8, 4) is 5.88 Å². The number of aryl methyl sites for hydroxylation is 3. The van der Waals surface area contributed by atoms with E-state index in [9.17, 15) is 9.59 Å². The topological polar surface area (TPSA) is 77.5 Å². The van der Waals surface area contributed by atoms with Crippen LogP contribution in [0.1, 0.15) is 34.0 Å². The summed E-state index contributed by atoms with van der Waals surface area (Å²) in [6.45, 7) is 7.38. The number of nitrogens with zero attached hydrogens (tertiary/aromatic N) is 1. The average Bonchev–Trinajstić information content (AvgIpc) is 2.57. The zero-order valence-corrected chi connectivity index (χ0v) is 15.0. The Morgan fingerprint density at radius 2 is 1.76 bits per heavy atom. The lowest BCUT2D eigenvalue weighted by molar-refractivity contribution is -0.123. The van der Waals surface area contributed by atoms with Gasteiger partial charge >= 0.3 is 5.97 Å². The molecule has 0 aliphatic carbocycles. The maximum atomic E-state index is 12.4. The summed E-state index contributed by atoms with van der Waals surface area (Å²) in [5.41, 5.74) is 4.06. The van der Waals surface area contributed by atoms with E-state index in [1.807, 2.05) is 32.9 Å². The molecule has 0 fully saturated rings. The number of benzene rings is 1. The van der Waals surface area contributed by atoms with Gasteiger partial charge in [0.05, 0.1) is 12.7 Å². The molecule has 0 saturated carbocycles. The van der Waals surface area contributed by atoms with Gasteiger partial charge in [-0.1, -0.05) is 17.7 Å². The van der Waals surface area contributed by atoms with Gasteiger partial charge in [0.1, 0.15) is 0 Å². The Kier molecular flexibility index (Phi) is 5.75. The molecule has 1 aromatic heterocycles. The van der Waals surface area contributed by atoms with Crippen molar-refractivity contribution >= 4 is 17.6 Å². The van der Waals surface area contributed by atoms with Gasteiger partial charge in [-0.15, -0.1) is 0 Å². The maximum absolute atomic E-state index is 12.4. The predicted molar refractivity (Wildman–Crippen MR) is 94.9 cm³/mol. The van der Waals surface area contributed by atoms with Crippen LogP contribution in [0.2, 0.25) is 0 Å². The summed E-state index contributed by atoms with van der Waals surface area (Å²) in [7, 11) is 1.46. The SMILES string of the molecule is COc1cc(C(=O)O[C@H](C)C(=O)Nc2c(C)cc(C)cc2C)ccn1. The fourth-order valence-corrected chi connectivity index (χ4v) is 2.53. The van der Waals surface area contributed by atoms with Crippen LogP contribution in [0.5, 0.6) is 5.88 Å². The summed E-state index contributed by atoms with van der Waals surface area (Å²) in [4.78, 5) is 28.5. The minimum atomic E-state index is -0.938. The fraction of sp³-hybridized carbons (Fsp3) is 0.316. The van der Waals surface area contributed by atoms with Crippen molar-refractivity contribution in [2.45, 2.75) is 33.8 Å². The van der Waals surface area contributed by atoms with Crippen LogP contribution in [-0.4, -0.2) is 30.1 Å². The number of rotatable bonds is 5. The lowest BCUT2D eigenvalue weighted by atomic mass is 10.0. The molecule has 0 radical (unpaired) electrons. The molecule has 0 unspecified atom stereocenters. The third-order valence-electron chi connectivity index (χ3n) is 3.76. The first-order valence-electron chi connectivity index (χ1n) is 7.91. The number of methoxy groups -OCH3 is 1. The van der Waals surface area contributed by atoms with Crippen molar-refractivity contribution in [1.82, 2.24) is 4.98 Å². The van der Waals surface area contributed by atoms with Crippen LogP contribution in [0.3, 0.4) is 0 Å². The first-order chi connectivity index (χ1) is 11.8. The lowest BCUT2D eigenvalue weighted by Crippen LogP contribution is -2.30. The molecular formula is C19H22N2O4. The number of esters is 1. The zero-order chi connectivity index (χ0) is 18.6. The molecule has 0 spiro atoms. The maximum Gasteiger partial charge on any atom is 0.339 e. The molecule has 25 heavy (non-hydrogen) atoms. The molecule has 0 bridgehead atoms. The standard InChI is InChI=1S/C19H22N2O4/c1-11-8-12(2)17(13(3)9-11)21-18(22)14(4)25-19(23)15-6-7-20-16(10-15)24-5/h6-10,14H,1-5H3,(H,21,22)/t14-/m1/s1. The Bertz CT molecular complexity index is 779. The van der Waals surface area contributed by atoms with Crippen molar-refractivity contribution in [3.63, 3.8) is 0 Å². The average molecular weight is 342 g/mol. The molecular weight excluding hydrogens is 320 g/mol. The highest BCUT2D eigenvalue weighted by atomic mass is 16.5. The number of hydrogen-bond donors (Lipinski definition) is 1. The molecule has 6 nitrogen and oxygen atoms in total. The van der Waals surface area contributed by atoms with E-state index >= 15 is 0 Å². The number of hydrogen-bond acceptors (Lipinski definition) is 5. The number of ether oxygens (including phenoxy) is 2. The molecule has 0 saturated heterocycles. The van der Waals surface area contributed by atoms with E-state index in [-0.39, 0.29) is 11.5 Å². The second-order valence-electron chi connectivity index (χ2n) is 5.90. The fourth-order valence-electron chi connectivity index (χ4n) is 2.53. The van der Waals surface area contributed by atoms with E-state index in [1.165, 1.54) is 32.4 Å². The summed E-state index contributed by atoms with van der Waals surface area (Å²) in [6.07, 6.45) is 0.505. The molecule has 1 atom stereocenters. The van der Waals surface area contributed by atoms with Crippen LogP contribution < -0.4 is 10.1 Å². The highest BCUT2D eigenvalue weighted by Gasteiger charge is 2.20. The van der Waals surface area contributed by atoms with Crippen molar-refractivity contribution in [3.05, 3.63) is 52.7 Å². The molecule has 2 aromatic rings. The zero-order valence-electron chi connectivity index (χ0n) is 15.0. The van der Waals surface area contributed by atoms with Crippen LogP contribution in [0.4, 0.5) is 5.69 Å². The lowest BCUT2D eigenvalue weighted by Gasteiger charge is -2.17. The molecule has 1 heterocycles. The minimum absolute atomic E-state index is 0.272. The van der Waals surface area contributed by atoms with Gasteiger partial charge in [0.25, 0.3) is 5.91 Å². The molecule has 1 aromatic carbocycles. The van der Waals surface area contributed by atoms with Gasteiger partial charge in [0, 0.05) is 18.0 Å². The Morgan fingerprint density at radius 3 is 2.36 bits per heavy atom. The van der Waals surface area contributed by atoms with Crippen LogP contribution in [-0.2, 0) is 9.53 Å². The van der Waals surface area contributed by atoms with Gasteiger partial charge in [-0.3, -0.25) is 4.79 Å². The number of pyridine rings is 1. The number of carbonyl (C=O) groups excluding carboxylic acids is 2. The Morgan fingerprint density at radius 1 is 1.12 bits per heavy atom. The number of aromatic nitrogens is 1. The molecule has 132 valence electrons. The van der Waals surface area contributed by atoms with E-state index in [1.54, 1.807) is 0 Å². The number of carbonyl (C=O) groups is 2. The van der Waals surface area contributed by atoms with E-state index in [2.05, 4.69) is 10.3 Å². The van der Waals surface area contributed by atoms with Crippen molar-refractivity contribution in [1.29, 1.82) is 0 Å². The van der Waals surface area contributed by atoms with E-state index in [0.29, 0.717) is 5.88 Å². The van der Waals surface area contributed by atoms with E-state index in [0.717, 1.165) is 22.4 Å². The second kappa shape index (κ2) is 7.79. The highest BCUT2D eigenvalue weighted by molar-refractivity contribution is 5.98. The van der Waals surface area contributed by atoms with Gasteiger partial charge in [0.2, 0.25) is 5.88 Å². The van der Waals surface area contributed by atoms with Gasteiger partial charge in [-0.25, -0.2) is 9.78 Å². The number of nitrogens with one attached hydrogen (secondary N) is 1. The number of amides is 1. The molecule has 1 amide bonds. The first kappa shape index (κ1) is 18.4. The van der Waals surface area contributed by atoms with Crippen LogP contribution >= 0.6 is 0 Å². The van der Waals surface area contributed by atoms with Gasteiger partial charge in [-0.2, -0.15) is 0 Å². The minimum Gasteiger partial charge on any atom is -0.481 e. The van der Waals surface area contributed by atoms with Gasteiger partial charge in [0.15, 0.2) is 6.10 Å². The smallest absolute Gasteiger partial charge is 0.339 e. The molecule has 2 rings (SSSR count). The summed E-state index contributed by atoms with van der Waals surface area (Å²) >= 11 is 0. The van der Waals surface area contributed by atoms with E-state index < -0.39 is 12.1 Å². The number of anilines is 1. The van der Waals surface area contributed by atoms with Crippen LogP contribution in [0.25, 0.3) is 0 Å². The summed E-state index contributed by atoms with van der Waals surface area (Å²) < 4.78 is 10.2. The largest absolute Gasteiger partial charge is 0.481 e. The van der Waals surface area contributed by atoms with Crippen molar-refractivity contribution in [2.75, 3.05) is 12.4 Å². The normalized spacial score (nSPS) is 11.6. The van der Waals surface area contributed by atoms with Gasteiger partial charge < -0.3 is 14.8 Å². The Labute approximate surface area is 147 Å². The van der Waals surface area contributed by atoms with Crippen LogP contribution in [0.15, 0.2) is 30.5 Å². The first-order valence-corrected chi connectivity index (χ1v) is 7.91. The third kappa shape index (κ3) is 4.56. The molecule has 1 N–H and O–H groups in total. The summed E-state index contributed by atoms with van der Waals surface area (Å²) in [6, 6.07) is 6.94. The Balaban J connectivity index is 2.06. The second-order valence-corrected chi connectivity index (χ2v) is 5.90. The van der Waals surface area contributed by atoms with E-state index in [4.69, 9.17) is 9.47 Å². The predicted octanol–water partition coefficient (Wildman–Crippen LogP) is 3.20.